The van der Waals surface area contributed by atoms with Gasteiger partial charge < -0.3 is 0 Å². The highest BCUT2D eigenvalue weighted by Crippen LogP contribution is 2.30. The Labute approximate surface area is 68.4 Å². The van der Waals surface area contributed by atoms with Crippen molar-refractivity contribution in [3.05, 3.63) is 0 Å². The van der Waals surface area contributed by atoms with Crippen LogP contribution < -0.4 is 0 Å². The number of hydrogen-bond acceptors (Lipinski definition) is 2. The average molecular weight is 177 g/mol. The molecule has 0 unspecified atom stereocenters. The lowest BCUT2D eigenvalue weighted by atomic mass is 10.7. The molecule has 1 saturated carbocycles. The molecule has 66 valence electrons. The van der Waals surface area contributed by atoms with Crippen molar-refractivity contribution in [1.29, 1.82) is 0 Å². The molecule has 0 bridgehead atoms. The molecule has 1 aliphatic rings. The summed E-state index contributed by atoms with van der Waals surface area (Å²) in [5.41, 5.74) is 0. The smallest absolute Gasteiger partial charge is 0.212 e. The van der Waals surface area contributed by atoms with Crippen LogP contribution >= 0.6 is 0 Å². The number of hydrogen-bond donors (Lipinski definition) is 0. The van der Waals surface area contributed by atoms with Gasteiger partial charge in [0.1, 0.15) is 0 Å². The molecule has 1 rings (SSSR count). The second-order valence-electron chi connectivity index (χ2n) is 2.83. The van der Waals surface area contributed by atoms with E-state index in [1.807, 2.05) is 13.8 Å². The van der Waals surface area contributed by atoms with E-state index >= 15 is 0 Å². The molecule has 0 N–H and O–H groups in total. The molecule has 4 heteroatoms. The third-order valence-electron chi connectivity index (χ3n) is 2.01. The molecule has 0 amide bonds. The van der Waals surface area contributed by atoms with Crippen molar-refractivity contribution in [2.75, 3.05) is 13.1 Å². The average Bonchev–Trinajstić information content (AvgIpc) is 2.69. The van der Waals surface area contributed by atoms with Crippen LogP contribution in [0.3, 0.4) is 0 Å². The molecule has 11 heavy (non-hydrogen) atoms. The summed E-state index contributed by atoms with van der Waals surface area (Å²) < 4.78 is 24.5. The van der Waals surface area contributed by atoms with E-state index in [4.69, 9.17) is 0 Å². The van der Waals surface area contributed by atoms with E-state index in [1.54, 1.807) is 4.31 Å². The highest BCUT2D eigenvalue weighted by molar-refractivity contribution is 7.90. The van der Waals surface area contributed by atoms with Crippen LogP contribution in [-0.2, 0) is 10.0 Å². The normalized spacial score (nSPS) is 19.2. The first kappa shape index (κ1) is 9.00. The van der Waals surface area contributed by atoms with Crippen molar-refractivity contribution in [3.63, 3.8) is 0 Å². The van der Waals surface area contributed by atoms with Crippen LogP contribution in [0.2, 0.25) is 0 Å². The Morgan fingerprint density at radius 2 is 1.73 bits per heavy atom. The maximum Gasteiger partial charge on any atom is 0.216 e. The molecule has 0 aromatic heterocycles. The summed E-state index contributed by atoms with van der Waals surface area (Å²) in [5.74, 6) is 0. The van der Waals surface area contributed by atoms with E-state index in [0.29, 0.717) is 13.1 Å². The molecule has 0 aromatic carbocycles. The summed E-state index contributed by atoms with van der Waals surface area (Å²) in [6.45, 7) is 4.97. The van der Waals surface area contributed by atoms with Crippen molar-refractivity contribution in [2.24, 2.45) is 0 Å². The van der Waals surface area contributed by atoms with Crippen molar-refractivity contribution >= 4 is 10.0 Å². The van der Waals surface area contributed by atoms with Gasteiger partial charge in [0.25, 0.3) is 0 Å². The summed E-state index contributed by atoms with van der Waals surface area (Å²) in [6.07, 6.45) is 1.72. The standard InChI is InChI=1S/C7H15NO2S/c1-3-8(4-2)11(9,10)7-5-6-7/h7H,3-6H2,1-2H3. The SMILES string of the molecule is CCN(CC)S(=O)(=O)C1CC1. The lowest BCUT2D eigenvalue weighted by molar-refractivity contribution is 0.444. The summed E-state index contributed by atoms with van der Waals surface area (Å²) in [4.78, 5) is 0. The van der Waals surface area contributed by atoms with E-state index in [-0.39, 0.29) is 5.25 Å². The Balaban J connectivity index is 2.68. The monoisotopic (exact) mass is 177 g/mol. The molecule has 1 fully saturated rings. The summed E-state index contributed by atoms with van der Waals surface area (Å²) in [7, 11) is -2.89. The Bertz CT molecular complexity index is 215. The van der Waals surface area contributed by atoms with Gasteiger partial charge in [0.2, 0.25) is 10.0 Å². The van der Waals surface area contributed by atoms with Crippen LogP contribution in [0.5, 0.6) is 0 Å². The molecule has 0 aromatic rings. The van der Waals surface area contributed by atoms with Crippen molar-refractivity contribution in [3.8, 4) is 0 Å². The van der Waals surface area contributed by atoms with E-state index < -0.39 is 10.0 Å². The van der Waals surface area contributed by atoms with Gasteiger partial charge in [0.05, 0.1) is 5.25 Å². The predicted octanol–water partition coefficient (Wildman–Crippen LogP) is 0.820. The first-order chi connectivity index (χ1) is 5.12. The van der Waals surface area contributed by atoms with Crippen LogP contribution in [-0.4, -0.2) is 31.1 Å². The van der Waals surface area contributed by atoms with Crippen LogP contribution in [0, 0.1) is 0 Å². The van der Waals surface area contributed by atoms with E-state index in [0.717, 1.165) is 12.8 Å². The first-order valence-electron chi connectivity index (χ1n) is 4.11. The van der Waals surface area contributed by atoms with Gasteiger partial charge in [-0.2, -0.15) is 0 Å². The zero-order valence-corrected chi connectivity index (χ0v) is 7.89. The van der Waals surface area contributed by atoms with Gasteiger partial charge in [-0.15, -0.1) is 0 Å². The molecule has 1 aliphatic carbocycles. The summed E-state index contributed by atoms with van der Waals surface area (Å²) in [6, 6.07) is 0. The van der Waals surface area contributed by atoms with E-state index in [9.17, 15) is 8.42 Å². The lowest BCUT2D eigenvalue weighted by Gasteiger charge is -2.17. The van der Waals surface area contributed by atoms with Crippen molar-refractivity contribution < 1.29 is 8.42 Å². The van der Waals surface area contributed by atoms with Gasteiger partial charge in [-0.05, 0) is 12.8 Å². The Morgan fingerprint density at radius 3 is 2.00 bits per heavy atom. The molecule has 0 spiro atoms. The van der Waals surface area contributed by atoms with Gasteiger partial charge in [-0.1, -0.05) is 13.8 Å². The van der Waals surface area contributed by atoms with Gasteiger partial charge in [-0.3, -0.25) is 0 Å². The molecular formula is C7H15NO2S. The third kappa shape index (κ3) is 1.73. The highest BCUT2D eigenvalue weighted by Gasteiger charge is 2.38. The molecular weight excluding hydrogens is 162 g/mol. The fraction of sp³-hybridized carbons (Fsp3) is 1.00. The molecule has 0 atom stereocenters. The Hall–Kier alpha value is -0.0900. The number of rotatable bonds is 4. The second-order valence-corrected chi connectivity index (χ2v) is 5.04. The number of nitrogens with zero attached hydrogens (tertiary/aromatic N) is 1. The summed E-state index contributed by atoms with van der Waals surface area (Å²) in [5, 5.41) is -0.0533. The van der Waals surface area contributed by atoms with Gasteiger partial charge in [0, 0.05) is 13.1 Å². The molecule has 0 heterocycles. The zero-order chi connectivity index (χ0) is 8.48. The van der Waals surface area contributed by atoms with Crippen LogP contribution in [0.25, 0.3) is 0 Å². The largest absolute Gasteiger partial charge is 0.216 e. The van der Waals surface area contributed by atoms with E-state index in [1.165, 1.54) is 0 Å². The third-order valence-corrected chi connectivity index (χ3v) is 4.56. The van der Waals surface area contributed by atoms with E-state index in [2.05, 4.69) is 0 Å². The fourth-order valence-corrected chi connectivity index (χ4v) is 3.03. The quantitative estimate of drug-likeness (QED) is 0.637. The second kappa shape index (κ2) is 3.11. The minimum Gasteiger partial charge on any atom is -0.212 e. The van der Waals surface area contributed by atoms with Crippen LogP contribution in [0.1, 0.15) is 26.7 Å². The van der Waals surface area contributed by atoms with Crippen molar-refractivity contribution in [2.45, 2.75) is 31.9 Å². The van der Waals surface area contributed by atoms with Gasteiger partial charge >= 0.3 is 0 Å². The molecule has 0 aliphatic heterocycles. The maximum absolute atomic E-state index is 11.5. The topological polar surface area (TPSA) is 37.4 Å². The number of sulfonamides is 1. The van der Waals surface area contributed by atoms with Crippen LogP contribution in [0.15, 0.2) is 0 Å². The van der Waals surface area contributed by atoms with Crippen LogP contribution in [0.4, 0.5) is 0 Å². The maximum atomic E-state index is 11.5. The first-order valence-corrected chi connectivity index (χ1v) is 5.62. The minimum absolute atomic E-state index is 0.0533. The molecule has 3 nitrogen and oxygen atoms in total. The van der Waals surface area contributed by atoms with Gasteiger partial charge in [-0.25, -0.2) is 12.7 Å². The zero-order valence-electron chi connectivity index (χ0n) is 7.08. The predicted molar refractivity (Wildman–Crippen MR) is 44.9 cm³/mol. The summed E-state index contributed by atoms with van der Waals surface area (Å²) >= 11 is 0. The fourth-order valence-electron chi connectivity index (χ4n) is 1.16. The molecule has 0 saturated heterocycles. The lowest BCUT2D eigenvalue weighted by Crippen LogP contribution is -2.33. The molecule has 0 radical (unpaired) electrons. The Kier molecular flexibility index (Phi) is 2.54. The Morgan fingerprint density at radius 1 is 1.27 bits per heavy atom. The van der Waals surface area contributed by atoms with Crippen molar-refractivity contribution in [1.82, 2.24) is 4.31 Å². The minimum atomic E-state index is -2.89. The van der Waals surface area contributed by atoms with Gasteiger partial charge in [0.15, 0.2) is 0 Å². The highest BCUT2D eigenvalue weighted by atomic mass is 32.2.